The highest BCUT2D eigenvalue weighted by Gasteiger charge is 2.25. The summed E-state index contributed by atoms with van der Waals surface area (Å²) in [4.78, 5) is 24.1. The second-order valence-electron chi connectivity index (χ2n) is 9.11. The first-order valence-electron chi connectivity index (χ1n) is 11.5. The van der Waals surface area contributed by atoms with Crippen LogP contribution in [0.3, 0.4) is 0 Å². The molecule has 34 heavy (non-hydrogen) atoms. The minimum Gasteiger partial charge on any atom is -0.396 e. The Hall–Kier alpha value is -3.49. The summed E-state index contributed by atoms with van der Waals surface area (Å²) in [6.07, 6.45) is 0. The van der Waals surface area contributed by atoms with Gasteiger partial charge < -0.3 is 15.5 Å². The van der Waals surface area contributed by atoms with Crippen LogP contribution in [0.1, 0.15) is 16.7 Å². The fraction of sp³-hybridized carbons (Fsp3) is 0.308. The monoisotopic (exact) mass is 460 g/mol. The second-order valence-corrected chi connectivity index (χ2v) is 9.11. The highest BCUT2D eigenvalue weighted by atomic mass is 19.1. The first kappa shape index (κ1) is 22.3. The molecule has 2 aliphatic rings. The van der Waals surface area contributed by atoms with E-state index in [2.05, 4.69) is 45.3 Å². The molecule has 5 rings (SSSR count). The number of carbonyl (C=O) groups is 1. The Morgan fingerprint density at radius 1 is 1.00 bits per heavy atom. The van der Waals surface area contributed by atoms with Crippen molar-refractivity contribution in [3.05, 3.63) is 77.1 Å². The van der Waals surface area contributed by atoms with E-state index in [1.807, 2.05) is 0 Å². The van der Waals surface area contributed by atoms with Crippen molar-refractivity contribution in [3.63, 3.8) is 0 Å². The molecular formula is C26H29FN6O. The van der Waals surface area contributed by atoms with Gasteiger partial charge in [-0.25, -0.2) is 14.2 Å². The quantitative estimate of drug-likeness (QED) is 0.620. The second kappa shape index (κ2) is 9.40. The van der Waals surface area contributed by atoms with Crippen LogP contribution < -0.4 is 11.1 Å². The third-order valence-corrected chi connectivity index (χ3v) is 6.57. The number of piperazine rings is 1. The Balaban J connectivity index is 1.24. The van der Waals surface area contributed by atoms with Crippen molar-refractivity contribution in [2.45, 2.75) is 19.6 Å². The molecule has 2 amide bonds. The Labute approximate surface area is 199 Å². The summed E-state index contributed by atoms with van der Waals surface area (Å²) in [6, 6.07) is 15.8. The lowest BCUT2D eigenvalue weighted by molar-refractivity contribution is 0.148. The Morgan fingerprint density at radius 2 is 1.74 bits per heavy atom. The van der Waals surface area contributed by atoms with Gasteiger partial charge in [0.05, 0.1) is 11.4 Å². The van der Waals surface area contributed by atoms with Crippen molar-refractivity contribution < 1.29 is 9.18 Å². The largest absolute Gasteiger partial charge is 0.396 e. The number of nitrogens with one attached hydrogen (secondary N) is 1. The molecule has 0 bridgehead atoms. The zero-order chi connectivity index (χ0) is 23.7. The van der Waals surface area contributed by atoms with E-state index >= 15 is 0 Å². The van der Waals surface area contributed by atoms with Crippen LogP contribution in [0.15, 0.2) is 54.6 Å². The highest BCUT2D eigenvalue weighted by Crippen LogP contribution is 2.27. The van der Waals surface area contributed by atoms with Gasteiger partial charge in [0, 0.05) is 51.4 Å². The molecule has 0 aliphatic carbocycles. The summed E-state index contributed by atoms with van der Waals surface area (Å²) in [5, 5.41) is 2.86. The van der Waals surface area contributed by atoms with E-state index < -0.39 is 0 Å². The van der Waals surface area contributed by atoms with Gasteiger partial charge in [-0.1, -0.05) is 18.2 Å². The van der Waals surface area contributed by atoms with Crippen molar-refractivity contribution in [3.8, 4) is 11.3 Å². The molecule has 8 heteroatoms. The fourth-order valence-electron chi connectivity index (χ4n) is 4.49. The fourth-order valence-corrected chi connectivity index (χ4v) is 4.49. The number of anilines is 2. The number of urea groups is 1. The number of carbonyl (C=O) groups excluding carboxylic acids is 1. The molecule has 7 nitrogen and oxygen atoms in total. The Bertz CT molecular complexity index is 1190. The summed E-state index contributed by atoms with van der Waals surface area (Å²) < 4.78 is 13.3. The van der Waals surface area contributed by atoms with E-state index in [1.54, 1.807) is 29.2 Å². The zero-order valence-corrected chi connectivity index (χ0v) is 19.3. The smallest absolute Gasteiger partial charge is 0.323 e. The number of nitrogen functional groups attached to an aromatic ring is 1. The van der Waals surface area contributed by atoms with Crippen LogP contribution >= 0.6 is 0 Å². The molecule has 3 N–H and O–H groups in total. The number of pyridine rings is 1. The van der Waals surface area contributed by atoms with Crippen LogP contribution in [-0.2, 0) is 19.6 Å². The van der Waals surface area contributed by atoms with Crippen molar-refractivity contribution in [2.75, 3.05) is 44.3 Å². The molecule has 2 aliphatic heterocycles. The van der Waals surface area contributed by atoms with Gasteiger partial charge in [-0.05, 0) is 60.1 Å². The van der Waals surface area contributed by atoms with Gasteiger partial charge in [0.25, 0.3) is 0 Å². The predicted molar refractivity (Wildman–Crippen MR) is 132 cm³/mol. The molecular weight excluding hydrogens is 431 g/mol. The first-order chi connectivity index (χ1) is 16.4. The van der Waals surface area contributed by atoms with Gasteiger partial charge in [-0.3, -0.25) is 10.2 Å². The van der Waals surface area contributed by atoms with E-state index in [1.165, 1.54) is 28.8 Å². The van der Waals surface area contributed by atoms with Crippen molar-refractivity contribution >= 4 is 17.5 Å². The molecule has 0 atom stereocenters. The number of aromatic nitrogens is 1. The minimum atomic E-state index is -0.312. The van der Waals surface area contributed by atoms with E-state index in [-0.39, 0.29) is 11.8 Å². The molecule has 0 saturated carbocycles. The summed E-state index contributed by atoms with van der Waals surface area (Å²) in [6.45, 7) is 6.38. The lowest BCUT2D eigenvalue weighted by atomic mass is 10.1. The number of likely N-dealkylation sites (N-methyl/N-ethyl adjacent to an activating group) is 1. The third kappa shape index (κ3) is 4.88. The SMILES string of the molecule is CN1CCN(Cc2ccc3c(c2)CN(C(=O)Nc2nc(-c4ccc(F)cc4)ccc2N)C3)CC1. The number of nitrogens with two attached hydrogens (primary N) is 1. The number of hydrogen-bond donors (Lipinski definition) is 2. The highest BCUT2D eigenvalue weighted by molar-refractivity contribution is 5.92. The number of hydrogen-bond acceptors (Lipinski definition) is 5. The summed E-state index contributed by atoms with van der Waals surface area (Å²) in [5.41, 5.74) is 11.4. The van der Waals surface area contributed by atoms with Gasteiger partial charge in [0.1, 0.15) is 5.82 Å². The van der Waals surface area contributed by atoms with Gasteiger partial charge in [-0.2, -0.15) is 0 Å². The van der Waals surface area contributed by atoms with Gasteiger partial charge in [0.2, 0.25) is 0 Å². The summed E-state index contributed by atoms with van der Waals surface area (Å²) in [7, 11) is 2.16. The molecule has 0 unspecified atom stereocenters. The summed E-state index contributed by atoms with van der Waals surface area (Å²) >= 11 is 0. The molecule has 3 heterocycles. The van der Waals surface area contributed by atoms with E-state index in [4.69, 9.17) is 5.73 Å². The lowest BCUT2D eigenvalue weighted by Crippen LogP contribution is -2.43. The number of fused-ring (bicyclic) bond motifs is 1. The third-order valence-electron chi connectivity index (χ3n) is 6.57. The molecule has 1 saturated heterocycles. The van der Waals surface area contributed by atoms with Gasteiger partial charge in [0.15, 0.2) is 5.82 Å². The van der Waals surface area contributed by atoms with Crippen LogP contribution in [0.25, 0.3) is 11.3 Å². The molecule has 1 aromatic heterocycles. The van der Waals surface area contributed by atoms with E-state index in [9.17, 15) is 9.18 Å². The van der Waals surface area contributed by atoms with Crippen LogP contribution in [0.2, 0.25) is 0 Å². The number of nitrogens with zero attached hydrogens (tertiary/aromatic N) is 4. The normalized spacial score (nSPS) is 16.5. The molecule has 0 radical (unpaired) electrons. The zero-order valence-electron chi connectivity index (χ0n) is 19.3. The predicted octanol–water partition coefficient (Wildman–Crippen LogP) is 3.77. The maximum atomic E-state index is 13.3. The standard InChI is InChI=1S/C26H29FN6O/c1-31-10-12-32(13-11-31)15-18-2-3-20-16-33(17-21(20)14-18)26(34)30-25-23(28)8-9-24(29-25)19-4-6-22(27)7-5-19/h2-9,14H,10-13,15-17,28H2,1H3,(H,29,30,34). The minimum absolute atomic E-state index is 0.243. The van der Waals surface area contributed by atoms with Gasteiger partial charge >= 0.3 is 6.03 Å². The Morgan fingerprint density at radius 3 is 2.50 bits per heavy atom. The maximum Gasteiger partial charge on any atom is 0.323 e. The van der Waals surface area contributed by atoms with Crippen LogP contribution in [0.5, 0.6) is 0 Å². The summed E-state index contributed by atoms with van der Waals surface area (Å²) in [5.74, 6) is -0.00783. The number of benzene rings is 2. The maximum absolute atomic E-state index is 13.3. The van der Waals surface area contributed by atoms with Crippen LogP contribution in [0, 0.1) is 5.82 Å². The molecule has 3 aromatic rings. The van der Waals surface area contributed by atoms with Crippen molar-refractivity contribution in [2.24, 2.45) is 0 Å². The number of halogens is 1. The van der Waals surface area contributed by atoms with E-state index in [0.29, 0.717) is 30.3 Å². The van der Waals surface area contributed by atoms with Crippen LogP contribution in [-0.4, -0.2) is 58.9 Å². The average molecular weight is 461 g/mol. The molecule has 0 spiro atoms. The van der Waals surface area contributed by atoms with Crippen LogP contribution in [0.4, 0.5) is 20.7 Å². The van der Waals surface area contributed by atoms with Gasteiger partial charge in [-0.15, -0.1) is 0 Å². The van der Waals surface area contributed by atoms with Crippen molar-refractivity contribution in [1.82, 2.24) is 19.7 Å². The molecule has 176 valence electrons. The molecule has 1 fully saturated rings. The topological polar surface area (TPSA) is 77.7 Å². The first-order valence-corrected chi connectivity index (χ1v) is 11.5. The lowest BCUT2D eigenvalue weighted by Gasteiger charge is -2.32. The number of amides is 2. The van der Waals surface area contributed by atoms with E-state index in [0.717, 1.165) is 38.3 Å². The average Bonchev–Trinajstić information content (AvgIpc) is 3.26. The number of rotatable bonds is 4. The Kier molecular flexibility index (Phi) is 6.17. The van der Waals surface area contributed by atoms with Crippen molar-refractivity contribution in [1.29, 1.82) is 0 Å². The molecule has 2 aromatic carbocycles.